The summed E-state index contributed by atoms with van der Waals surface area (Å²) in [5.74, 6) is 0. The second-order valence-electron chi connectivity index (χ2n) is 7.43. The molecular formula is C21H25N3OS2. The molecule has 6 heteroatoms. The van der Waals surface area contributed by atoms with Crippen molar-refractivity contribution in [1.29, 1.82) is 0 Å². The molecule has 0 N–H and O–H groups in total. The Bertz CT molecular complexity index is 832. The van der Waals surface area contributed by atoms with E-state index in [1.165, 1.54) is 0 Å². The average molecular weight is 400 g/mol. The Balaban J connectivity index is 1.88. The molecule has 0 spiro atoms. The fourth-order valence-corrected chi connectivity index (χ4v) is 5.14. The molecule has 1 aliphatic heterocycles. The number of hydroxylamine groups is 1. The number of rotatable bonds is 5. The van der Waals surface area contributed by atoms with Crippen LogP contribution in [0.4, 0.5) is 5.69 Å². The molecule has 1 unspecified atom stereocenters. The molecule has 1 heterocycles. The molecule has 0 radical (unpaired) electrons. The molecule has 3 rings (SSSR count). The molecule has 1 saturated heterocycles. The van der Waals surface area contributed by atoms with E-state index >= 15 is 0 Å². The summed E-state index contributed by atoms with van der Waals surface area (Å²) in [7, 11) is 4.00. The van der Waals surface area contributed by atoms with Gasteiger partial charge in [-0.15, -0.1) is 0 Å². The van der Waals surface area contributed by atoms with Crippen LogP contribution in [0.25, 0.3) is 0 Å². The summed E-state index contributed by atoms with van der Waals surface area (Å²) < 4.78 is 1.53. The third-order valence-electron chi connectivity index (χ3n) is 4.62. The summed E-state index contributed by atoms with van der Waals surface area (Å²) in [5, 5.41) is 13.1. The fraction of sp³-hybridized carbons (Fsp3) is 0.333. The number of nitrogens with zero attached hydrogens (tertiary/aromatic N) is 3. The second-order valence-corrected chi connectivity index (χ2v) is 9.72. The third-order valence-corrected chi connectivity index (χ3v) is 6.26. The fourth-order valence-electron chi connectivity index (χ4n) is 3.26. The first kappa shape index (κ1) is 19.7. The van der Waals surface area contributed by atoms with Gasteiger partial charge in [0, 0.05) is 25.3 Å². The standard InChI is InChI=1S/C21H25N3OS2/c1-21(2)19(23(20(26)27-21)14-16-8-6-5-7-9-16)24(25)15-17-10-12-18(13-11-17)22(3)4/h5-13,15,19H,14H2,1-4H3. The minimum Gasteiger partial charge on any atom is -0.622 e. The molecule has 1 aliphatic rings. The van der Waals surface area contributed by atoms with E-state index in [0.717, 1.165) is 25.9 Å². The predicted octanol–water partition coefficient (Wildman–Crippen LogP) is 4.32. The first-order chi connectivity index (χ1) is 12.8. The summed E-state index contributed by atoms with van der Waals surface area (Å²) in [6.45, 7) is 4.79. The zero-order chi connectivity index (χ0) is 19.6. The zero-order valence-electron chi connectivity index (χ0n) is 16.1. The smallest absolute Gasteiger partial charge is 0.254 e. The lowest BCUT2D eigenvalue weighted by atomic mass is 10.1. The van der Waals surface area contributed by atoms with Gasteiger partial charge in [0.15, 0.2) is 6.21 Å². The lowest BCUT2D eigenvalue weighted by molar-refractivity contribution is -0.524. The van der Waals surface area contributed by atoms with Crippen molar-refractivity contribution in [2.45, 2.75) is 31.3 Å². The molecule has 0 bridgehead atoms. The Labute approximate surface area is 171 Å². The molecule has 27 heavy (non-hydrogen) atoms. The highest BCUT2D eigenvalue weighted by molar-refractivity contribution is 8.24. The van der Waals surface area contributed by atoms with Crippen LogP contribution in [0.15, 0.2) is 54.6 Å². The normalized spacial score (nSPS) is 19.4. The van der Waals surface area contributed by atoms with Gasteiger partial charge >= 0.3 is 0 Å². The summed E-state index contributed by atoms with van der Waals surface area (Å²) in [5.41, 5.74) is 3.13. The molecule has 4 nitrogen and oxygen atoms in total. The van der Waals surface area contributed by atoms with Gasteiger partial charge in [0.25, 0.3) is 6.17 Å². The van der Waals surface area contributed by atoms with Gasteiger partial charge < -0.3 is 10.1 Å². The minimum atomic E-state index is -0.358. The molecule has 0 aliphatic carbocycles. The van der Waals surface area contributed by atoms with Crippen molar-refractivity contribution in [2.75, 3.05) is 19.0 Å². The van der Waals surface area contributed by atoms with Crippen LogP contribution in [0.5, 0.6) is 0 Å². The first-order valence-corrected chi connectivity index (χ1v) is 10.1. The van der Waals surface area contributed by atoms with Crippen molar-refractivity contribution in [3.05, 3.63) is 70.9 Å². The predicted molar refractivity (Wildman–Crippen MR) is 120 cm³/mol. The maximum absolute atomic E-state index is 13.1. The lowest BCUT2D eigenvalue weighted by Gasteiger charge is -2.29. The molecule has 1 atom stereocenters. The van der Waals surface area contributed by atoms with E-state index in [4.69, 9.17) is 12.2 Å². The van der Waals surface area contributed by atoms with Crippen LogP contribution in [0, 0.1) is 5.21 Å². The van der Waals surface area contributed by atoms with Crippen molar-refractivity contribution in [3.63, 3.8) is 0 Å². The number of hydrogen-bond acceptors (Lipinski definition) is 4. The van der Waals surface area contributed by atoms with Crippen LogP contribution in [0.1, 0.15) is 25.0 Å². The Morgan fingerprint density at radius 1 is 1.15 bits per heavy atom. The van der Waals surface area contributed by atoms with Gasteiger partial charge in [-0.25, -0.2) is 0 Å². The highest BCUT2D eigenvalue weighted by Crippen LogP contribution is 2.42. The molecule has 0 aromatic heterocycles. The SMILES string of the molecule is CN(C)c1ccc(C=[N+]([O-])C2N(Cc3ccccc3)C(=S)SC2(C)C)cc1. The van der Waals surface area contributed by atoms with Crippen molar-refractivity contribution >= 4 is 40.2 Å². The van der Waals surface area contributed by atoms with Crippen LogP contribution >= 0.6 is 24.0 Å². The van der Waals surface area contributed by atoms with E-state index in [-0.39, 0.29) is 10.9 Å². The van der Waals surface area contributed by atoms with E-state index in [9.17, 15) is 5.21 Å². The number of anilines is 1. The summed E-state index contributed by atoms with van der Waals surface area (Å²) in [4.78, 5) is 4.07. The van der Waals surface area contributed by atoms with Gasteiger partial charge in [-0.05, 0) is 43.7 Å². The Hall–Kier alpha value is -2.05. The van der Waals surface area contributed by atoms with Gasteiger partial charge in [-0.1, -0.05) is 54.3 Å². The van der Waals surface area contributed by atoms with Gasteiger partial charge in [-0.3, -0.25) is 4.90 Å². The highest BCUT2D eigenvalue weighted by atomic mass is 32.2. The van der Waals surface area contributed by atoms with Crippen LogP contribution in [-0.4, -0.2) is 45.2 Å². The molecular weight excluding hydrogens is 374 g/mol. The zero-order valence-corrected chi connectivity index (χ0v) is 17.8. The van der Waals surface area contributed by atoms with Gasteiger partial charge in [0.2, 0.25) is 0 Å². The van der Waals surface area contributed by atoms with Crippen molar-refractivity contribution in [2.24, 2.45) is 0 Å². The molecule has 0 amide bonds. The number of hydrogen-bond donors (Lipinski definition) is 0. The number of thioether (sulfide) groups is 1. The summed E-state index contributed by atoms with van der Waals surface area (Å²) in [6, 6.07) is 18.1. The van der Waals surface area contributed by atoms with Gasteiger partial charge in [0.05, 0.1) is 6.54 Å². The molecule has 2 aromatic carbocycles. The Morgan fingerprint density at radius 3 is 2.37 bits per heavy atom. The van der Waals surface area contributed by atoms with E-state index in [1.807, 2.05) is 66.4 Å². The molecule has 142 valence electrons. The van der Waals surface area contributed by atoms with E-state index in [0.29, 0.717) is 6.54 Å². The molecule has 1 fully saturated rings. The lowest BCUT2D eigenvalue weighted by Crippen LogP contribution is -2.47. The second kappa shape index (κ2) is 7.90. The van der Waals surface area contributed by atoms with Crippen LogP contribution < -0.4 is 4.90 Å². The van der Waals surface area contributed by atoms with Crippen LogP contribution in [0.3, 0.4) is 0 Å². The highest BCUT2D eigenvalue weighted by Gasteiger charge is 2.50. The van der Waals surface area contributed by atoms with Crippen LogP contribution in [-0.2, 0) is 6.54 Å². The minimum absolute atomic E-state index is 0.298. The summed E-state index contributed by atoms with van der Waals surface area (Å²) >= 11 is 7.19. The van der Waals surface area contributed by atoms with Crippen LogP contribution in [0.2, 0.25) is 0 Å². The largest absolute Gasteiger partial charge is 0.622 e. The topological polar surface area (TPSA) is 32.5 Å². The number of thiocarbonyl (C=S) groups is 1. The van der Waals surface area contributed by atoms with Crippen molar-refractivity contribution < 1.29 is 4.74 Å². The van der Waals surface area contributed by atoms with Gasteiger partial charge in [-0.2, -0.15) is 4.74 Å². The van der Waals surface area contributed by atoms with Crippen molar-refractivity contribution in [3.8, 4) is 0 Å². The summed E-state index contributed by atoms with van der Waals surface area (Å²) in [6.07, 6.45) is 1.31. The van der Waals surface area contributed by atoms with Crippen molar-refractivity contribution in [1.82, 2.24) is 4.90 Å². The quantitative estimate of drug-likeness (QED) is 0.246. The van der Waals surface area contributed by atoms with E-state index in [2.05, 4.69) is 26.0 Å². The maximum Gasteiger partial charge on any atom is 0.254 e. The first-order valence-electron chi connectivity index (χ1n) is 8.89. The molecule has 0 saturated carbocycles. The number of benzene rings is 2. The average Bonchev–Trinajstić information content (AvgIpc) is 2.84. The monoisotopic (exact) mass is 399 g/mol. The molecule has 2 aromatic rings. The van der Waals surface area contributed by atoms with E-state index < -0.39 is 0 Å². The van der Waals surface area contributed by atoms with Gasteiger partial charge in [0.1, 0.15) is 9.07 Å². The Kier molecular flexibility index (Phi) is 5.77. The third kappa shape index (κ3) is 4.45. The Morgan fingerprint density at radius 2 is 1.78 bits per heavy atom. The maximum atomic E-state index is 13.1. The van der Waals surface area contributed by atoms with E-state index in [1.54, 1.807) is 18.0 Å².